The Hall–Kier alpha value is -1.31. The number of rotatable bonds is 2. The molecule has 0 saturated heterocycles. The zero-order chi connectivity index (χ0) is 11.0. The SMILES string of the molecule is CC(C)Cc1ccc2c(c1)CC(=O)N2C. The average Bonchev–Trinajstić information content (AvgIpc) is 2.41. The molecule has 15 heavy (non-hydrogen) atoms. The van der Waals surface area contributed by atoms with Crippen LogP contribution in [0.1, 0.15) is 25.0 Å². The molecule has 1 heterocycles. The lowest BCUT2D eigenvalue weighted by Gasteiger charge is -2.11. The van der Waals surface area contributed by atoms with Crippen LogP contribution in [0.3, 0.4) is 0 Å². The van der Waals surface area contributed by atoms with E-state index in [1.807, 2.05) is 7.05 Å². The van der Waals surface area contributed by atoms with E-state index < -0.39 is 0 Å². The van der Waals surface area contributed by atoms with Crippen LogP contribution in [-0.4, -0.2) is 13.0 Å². The summed E-state index contributed by atoms with van der Waals surface area (Å²) >= 11 is 0. The first-order chi connectivity index (χ1) is 7.08. The van der Waals surface area contributed by atoms with Crippen LogP contribution in [0.25, 0.3) is 0 Å². The van der Waals surface area contributed by atoms with Gasteiger partial charge in [0.25, 0.3) is 0 Å². The summed E-state index contributed by atoms with van der Waals surface area (Å²) in [6, 6.07) is 6.38. The maximum absolute atomic E-state index is 11.5. The van der Waals surface area contributed by atoms with Crippen molar-refractivity contribution < 1.29 is 4.79 Å². The van der Waals surface area contributed by atoms with Crippen molar-refractivity contribution in [2.75, 3.05) is 11.9 Å². The van der Waals surface area contributed by atoms with E-state index in [2.05, 4.69) is 32.0 Å². The number of likely N-dealkylation sites (N-methyl/N-ethyl adjacent to an activating group) is 1. The van der Waals surface area contributed by atoms with Gasteiger partial charge in [0.2, 0.25) is 5.91 Å². The summed E-state index contributed by atoms with van der Waals surface area (Å²) < 4.78 is 0. The highest BCUT2D eigenvalue weighted by Gasteiger charge is 2.23. The first kappa shape index (κ1) is 10.2. The molecule has 1 aromatic rings. The summed E-state index contributed by atoms with van der Waals surface area (Å²) in [5.41, 5.74) is 3.60. The van der Waals surface area contributed by atoms with Gasteiger partial charge >= 0.3 is 0 Å². The predicted octanol–water partition coefficient (Wildman–Crippen LogP) is 2.40. The molecule has 0 saturated carbocycles. The maximum Gasteiger partial charge on any atom is 0.231 e. The van der Waals surface area contributed by atoms with Crippen molar-refractivity contribution >= 4 is 11.6 Å². The second-order valence-corrected chi connectivity index (χ2v) is 4.69. The number of hydrogen-bond donors (Lipinski definition) is 0. The summed E-state index contributed by atoms with van der Waals surface area (Å²) in [6.07, 6.45) is 1.66. The minimum atomic E-state index is 0.201. The zero-order valence-electron chi connectivity index (χ0n) is 9.58. The van der Waals surface area contributed by atoms with Crippen molar-refractivity contribution in [2.45, 2.75) is 26.7 Å². The number of nitrogens with zero attached hydrogens (tertiary/aromatic N) is 1. The van der Waals surface area contributed by atoms with Crippen LogP contribution in [0, 0.1) is 5.92 Å². The van der Waals surface area contributed by atoms with Crippen LogP contribution in [0.15, 0.2) is 18.2 Å². The fraction of sp³-hybridized carbons (Fsp3) is 0.462. The monoisotopic (exact) mass is 203 g/mol. The van der Waals surface area contributed by atoms with Crippen molar-refractivity contribution in [3.63, 3.8) is 0 Å². The second kappa shape index (κ2) is 3.69. The Morgan fingerprint density at radius 2 is 2.13 bits per heavy atom. The van der Waals surface area contributed by atoms with Crippen LogP contribution in [0.2, 0.25) is 0 Å². The van der Waals surface area contributed by atoms with Crippen molar-refractivity contribution in [3.05, 3.63) is 29.3 Å². The highest BCUT2D eigenvalue weighted by Crippen LogP contribution is 2.28. The molecule has 0 radical (unpaired) electrons. The fourth-order valence-corrected chi connectivity index (χ4v) is 2.12. The van der Waals surface area contributed by atoms with Gasteiger partial charge in [-0.05, 0) is 29.5 Å². The maximum atomic E-state index is 11.5. The number of hydrogen-bond acceptors (Lipinski definition) is 1. The van der Waals surface area contributed by atoms with E-state index in [9.17, 15) is 4.79 Å². The number of carbonyl (C=O) groups is 1. The van der Waals surface area contributed by atoms with Crippen LogP contribution in [-0.2, 0) is 17.6 Å². The molecule has 0 bridgehead atoms. The molecule has 2 heteroatoms. The third-order valence-corrected chi connectivity index (χ3v) is 2.86. The van der Waals surface area contributed by atoms with Gasteiger partial charge < -0.3 is 4.90 Å². The lowest BCUT2D eigenvalue weighted by Crippen LogP contribution is -2.20. The summed E-state index contributed by atoms with van der Waals surface area (Å²) in [5.74, 6) is 0.865. The van der Waals surface area contributed by atoms with Crippen molar-refractivity contribution in [1.29, 1.82) is 0 Å². The number of amides is 1. The van der Waals surface area contributed by atoms with Crippen LogP contribution in [0.5, 0.6) is 0 Å². The van der Waals surface area contributed by atoms with Gasteiger partial charge in [0, 0.05) is 12.7 Å². The Morgan fingerprint density at radius 1 is 1.40 bits per heavy atom. The lowest BCUT2D eigenvalue weighted by atomic mass is 10.00. The van der Waals surface area contributed by atoms with Gasteiger partial charge in [-0.1, -0.05) is 26.0 Å². The fourth-order valence-electron chi connectivity index (χ4n) is 2.12. The summed E-state index contributed by atoms with van der Waals surface area (Å²) in [4.78, 5) is 13.2. The number of fused-ring (bicyclic) bond motifs is 1. The minimum Gasteiger partial charge on any atom is -0.315 e. The van der Waals surface area contributed by atoms with Gasteiger partial charge in [0.1, 0.15) is 0 Å². The number of anilines is 1. The molecule has 0 atom stereocenters. The summed E-state index contributed by atoms with van der Waals surface area (Å²) in [6.45, 7) is 4.43. The van der Waals surface area contributed by atoms with Crippen molar-refractivity contribution in [2.24, 2.45) is 5.92 Å². The van der Waals surface area contributed by atoms with Gasteiger partial charge in [-0.3, -0.25) is 4.79 Å². The first-order valence-electron chi connectivity index (χ1n) is 5.46. The van der Waals surface area contributed by atoms with Gasteiger partial charge in [-0.2, -0.15) is 0 Å². The minimum absolute atomic E-state index is 0.201. The van der Waals surface area contributed by atoms with E-state index in [0.717, 1.165) is 12.1 Å². The molecule has 0 fully saturated rings. The Balaban J connectivity index is 2.29. The van der Waals surface area contributed by atoms with Gasteiger partial charge in [-0.15, -0.1) is 0 Å². The van der Waals surface area contributed by atoms with Crippen LogP contribution < -0.4 is 4.90 Å². The van der Waals surface area contributed by atoms with Gasteiger partial charge in [0.15, 0.2) is 0 Å². The van der Waals surface area contributed by atoms with Crippen molar-refractivity contribution in [3.8, 4) is 0 Å². The quantitative estimate of drug-likeness (QED) is 0.722. The first-order valence-corrected chi connectivity index (χ1v) is 5.46. The lowest BCUT2D eigenvalue weighted by molar-refractivity contribution is -0.117. The number of benzene rings is 1. The molecule has 1 aliphatic rings. The van der Waals surface area contributed by atoms with E-state index in [4.69, 9.17) is 0 Å². The normalized spacial score (nSPS) is 14.9. The van der Waals surface area contributed by atoms with Gasteiger partial charge in [-0.25, -0.2) is 0 Å². The van der Waals surface area contributed by atoms with Crippen molar-refractivity contribution in [1.82, 2.24) is 0 Å². The molecule has 0 unspecified atom stereocenters. The molecule has 1 amide bonds. The van der Waals surface area contributed by atoms with E-state index >= 15 is 0 Å². The standard InChI is InChI=1S/C13H17NO/c1-9(2)6-10-4-5-12-11(7-10)8-13(15)14(12)3/h4-5,7,9H,6,8H2,1-3H3. The molecular weight excluding hydrogens is 186 g/mol. The summed E-state index contributed by atoms with van der Waals surface area (Å²) in [7, 11) is 1.84. The molecule has 0 N–H and O–H groups in total. The largest absolute Gasteiger partial charge is 0.315 e. The van der Waals surface area contributed by atoms with E-state index in [-0.39, 0.29) is 5.91 Å². The molecule has 2 nitrogen and oxygen atoms in total. The molecular formula is C13H17NO. The van der Waals surface area contributed by atoms with Crippen LogP contribution >= 0.6 is 0 Å². The highest BCUT2D eigenvalue weighted by atomic mass is 16.2. The molecule has 2 rings (SSSR count). The van der Waals surface area contributed by atoms with Crippen LogP contribution in [0.4, 0.5) is 5.69 Å². The topological polar surface area (TPSA) is 20.3 Å². The highest BCUT2D eigenvalue weighted by molar-refractivity contribution is 6.00. The number of carbonyl (C=O) groups excluding carboxylic acids is 1. The van der Waals surface area contributed by atoms with E-state index in [0.29, 0.717) is 12.3 Å². The Morgan fingerprint density at radius 3 is 2.80 bits per heavy atom. The third kappa shape index (κ3) is 1.89. The summed E-state index contributed by atoms with van der Waals surface area (Å²) in [5, 5.41) is 0. The van der Waals surface area contributed by atoms with E-state index in [1.165, 1.54) is 11.1 Å². The molecule has 0 aliphatic carbocycles. The Labute approximate surface area is 90.9 Å². The third-order valence-electron chi connectivity index (χ3n) is 2.86. The Kier molecular flexibility index (Phi) is 2.51. The average molecular weight is 203 g/mol. The zero-order valence-corrected chi connectivity index (χ0v) is 9.58. The Bertz CT molecular complexity index is 396. The molecule has 1 aliphatic heterocycles. The molecule has 80 valence electrons. The molecule has 0 aromatic heterocycles. The predicted molar refractivity (Wildman–Crippen MR) is 62.1 cm³/mol. The second-order valence-electron chi connectivity index (χ2n) is 4.69. The van der Waals surface area contributed by atoms with E-state index in [1.54, 1.807) is 4.90 Å². The molecule has 1 aromatic carbocycles. The smallest absolute Gasteiger partial charge is 0.231 e. The van der Waals surface area contributed by atoms with Gasteiger partial charge in [0.05, 0.1) is 6.42 Å². The molecule has 0 spiro atoms.